The number of halogens is 5. The number of hydrogen-bond acceptors (Lipinski definition) is 9. The average molecular weight is 612 g/mol. The number of benzene rings is 2. The molecule has 3 aromatic rings. The molecule has 2 heterocycles. The lowest BCUT2D eigenvalue weighted by molar-refractivity contribution is -0.360. The van der Waals surface area contributed by atoms with Crippen LogP contribution in [0.4, 0.5) is 22.0 Å². The molecule has 0 radical (unpaired) electrons. The van der Waals surface area contributed by atoms with Crippen molar-refractivity contribution < 1.29 is 50.5 Å². The van der Waals surface area contributed by atoms with Gasteiger partial charge in [-0.1, -0.05) is 41.6 Å². The van der Waals surface area contributed by atoms with Gasteiger partial charge in [0.05, 0.1) is 12.3 Å². The minimum absolute atomic E-state index is 0.316. The fourth-order valence-electron chi connectivity index (χ4n) is 4.43. The van der Waals surface area contributed by atoms with Crippen LogP contribution in [-0.4, -0.2) is 80.0 Å². The van der Waals surface area contributed by atoms with Crippen molar-refractivity contribution in [2.45, 2.75) is 56.8 Å². The Morgan fingerprint density at radius 2 is 1.44 bits per heavy atom. The fourth-order valence-corrected chi connectivity index (χ4v) is 4.43. The number of ether oxygens (including phenoxy) is 5. The maximum absolute atomic E-state index is 13.1. The summed E-state index contributed by atoms with van der Waals surface area (Å²) in [5.41, 5.74) is 2.46. The van der Waals surface area contributed by atoms with Gasteiger partial charge in [-0.25, -0.2) is 9.97 Å². The Morgan fingerprint density at radius 1 is 0.837 bits per heavy atom. The van der Waals surface area contributed by atoms with Crippen LogP contribution in [0.5, 0.6) is 5.75 Å². The number of methoxy groups -OCH3 is 2. The number of nitrogens with zero attached hydrogens (tertiary/aromatic N) is 3. The van der Waals surface area contributed by atoms with Gasteiger partial charge in [-0.3, -0.25) is 0 Å². The van der Waals surface area contributed by atoms with Crippen molar-refractivity contribution in [3.8, 4) is 28.3 Å². The van der Waals surface area contributed by atoms with Gasteiger partial charge >= 0.3 is 12.3 Å². The zero-order valence-electron chi connectivity index (χ0n) is 23.6. The predicted octanol–water partition coefficient (Wildman–Crippen LogP) is 5.87. The van der Waals surface area contributed by atoms with E-state index in [0.717, 1.165) is 17.7 Å². The summed E-state index contributed by atoms with van der Waals surface area (Å²) in [5, 5.41) is 4.06. The molecule has 0 spiro atoms. The molecular formula is C29H30F5N3O6. The maximum atomic E-state index is 13.1. The van der Waals surface area contributed by atoms with Gasteiger partial charge in [0.1, 0.15) is 18.0 Å². The van der Waals surface area contributed by atoms with Gasteiger partial charge in [0.25, 0.3) is 6.29 Å². The lowest BCUT2D eigenvalue weighted by Crippen LogP contribution is -2.59. The molecule has 0 N–H and O–H groups in total. The third-order valence-electron chi connectivity index (χ3n) is 6.58. The molecule has 14 heteroatoms. The van der Waals surface area contributed by atoms with E-state index in [1.807, 2.05) is 13.8 Å². The summed E-state index contributed by atoms with van der Waals surface area (Å²) in [7, 11) is 3.12. The number of oxime groups is 1. The summed E-state index contributed by atoms with van der Waals surface area (Å²) in [5.74, 6) is -0.220. The molecule has 0 saturated carbocycles. The molecule has 43 heavy (non-hydrogen) atoms. The van der Waals surface area contributed by atoms with Crippen LogP contribution in [0.3, 0.4) is 0 Å². The lowest BCUT2D eigenvalue weighted by atomic mass is 9.99. The monoisotopic (exact) mass is 611 g/mol. The van der Waals surface area contributed by atoms with Crippen LogP contribution < -0.4 is 4.74 Å². The van der Waals surface area contributed by atoms with Crippen molar-refractivity contribution in [3.05, 3.63) is 66.5 Å². The third-order valence-corrected chi connectivity index (χ3v) is 6.58. The predicted molar refractivity (Wildman–Crippen MR) is 145 cm³/mol. The molecule has 0 amide bonds. The Balaban J connectivity index is 1.37. The average Bonchev–Trinajstić information content (AvgIpc) is 2.98. The van der Waals surface area contributed by atoms with E-state index in [1.54, 1.807) is 31.4 Å². The summed E-state index contributed by atoms with van der Waals surface area (Å²) in [6.45, 7) is 4.20. The zero-order chi connectivity index (χ0) is 31.2. The Kier molecular flexibility index (Phi) is 10.3. The van der Waals surface area contributed by atoms with E-state index >= 15 is 0 Å². The van der Waals surface area contributed by atoms with Crippen molar-refractivity contribution in [1.29, 1.82) is 0 Å². The van der Waals surface area contributed by atoms with Crippen LogP contribution in [0.25, 0.3) is 22.5 Å². The quantitative estimate of drug-likeness (QED) is 0.151. The number of alkyl halides is 5. The van der Waals surface area contributed by atoms with E-state index in [-0.39, 0.29) is 12.2 Å². The summed E-state index contributed by atoms with van der Waals surface area (Å²) >= 11 is 0. The van der Waals surface area contributed by atoms with Gasteiger partial charge in [0.15, 0.2) is 11.9 Å². The number of rotatable bonds is 11. The second-order valence-corrected chi connectivity index (χ2v) is 9.43. The van der Waals surface area contributed by atoms with Gasteiger partial charge in [0.2, 0.25) is 0 Å². The van der Waals surface area contributed by atoms with Gasteiger partial charge in [-0.05, 0) is 37.1 Å². The first-order chi connectivity index (χ1) is 20.5. The summed E-state index contributed by atoms with van der Waals surface area (Å²) < 4.78 is 90.0. The third kappa shape index (κ3) is 7.63. The molecule has 0 aliphatic carbocycles. The molecule has 2 aromatic carbocycles. The highest BCUT2D eigenvalue weighted by Crippen LogP contribution is 2.37. The SMILES string of the molecule is CCO[C@@H]1[C@@H](OC)[C@H](C)O[C@@H](O/N=C/c2ccc(-c3ncc(-c4ccc(OC(F)(F)C(F)(F)F)cc4)cn3)cc2)[C@@H]1OC. The van der Waals surface area contributed by atoms with Crippen LogP contribution >= 0.6 is 0 Å². The molecule has 1 fully saturated rings. The molecule has 1 saturated heterocycles. The Bertz CT molecular complexity index is 1340. The molecule has 1 aliphatic rings. The van der Waals surface area contributed by atoms with E-state index in [4.69, 9.17) is 23.8 Å². The molecule has 5 atom stereocenters. The zero-order valence-corrected chi connectivity index (χ0v) is 23.6. The standard InChI is InChI=1S/C29H30F5N3O6/c1-5-40-24-23(38-3)17(2)41-27(25(24)39-4)43-37-14-18-6-8-20(9-7-18)26-35-15-21(16-36-26)19-10-12-22(13-11-19)42-29(33,34)28(30,31)32/h6-17,23-25,27H,5H2,1-4H3/b37-14+/t17-,23-,24+,25+,27-/m0/s1. The van der Waals surface area contributed by atoms with Crippen LogP contribution in [0.1, 0.15) is 19.4 Å². The van der Waals surface area contributed by atoms with Crippen molar-refractivity contribution >= 4 is 6.21 Å². The highest BCUT2D eigenvalue weighted by Gasteiger charge is 2.61. The topological polar surface area (TPSA) is 93.5 Å². The smallest absolute Gasteiger partial charge is 0.426 e. The summed E-state index contributed by atoms with van der Waals surface area (Å²) in [4.78, 5) is 14.3. The minimum atomic E-state index is -5.83. The van der Waals surface area contributed by atoms with Crippen LogP contribution in [-0.2, 0) is 23.8 Å². The Morgan fingerprint density at radius 3 is 2.00 bits per heavy atom. The van der Waals surface area contributed by atoms with E-state index < -0.39 is 36.5 Å². The van der Waals surface area contributed by atoms with Crippen molar-refractivity contribution in [1.82, 2.24) is 9.97 Å². The molecule has 232 valence electrons. The van der Waals surface area contributed by atoms with Crippen LogP contribution in [0.2, 0.25) is 0 Å². The molecule has 9 nitrogen and oxygen atoms in total. The molecule has 4 rings (SSSR count). The van der Waals surface area contributed by atoms with Gasteiger partial charge < -0.3 is 28.5 Å². The Hall–Kier alpha value is -3.72. The fraction of sp³-hybridized carbons (Fsp3) is 0.414. The highest BCUT2D eigenvalue weighted by molar-refractivity contribution is 5.80. The van der Waals surface area contributed by atoms with Crippen LogP contribution in [0.15, 0.2) is 66.1 Å². The van der Waals surface area contributed by atoms with Crippen molar-refractivity contribution in [3.63, 3.8) is 0 Å². The lowest BCUT2D eigenvalue weighted by Gasteiger charge is -2.42. The van der Waals surface area contributed by atoms with Gasteiger partial charge in [-0.15, -0.1) is 0 Å². The van der Waals surface area contributed by atoms with E-state index in [0.29, 0.717) is 29.1 Å². The molecule has 1 aromatic heterocycles. The van der Waals surface area contributed by atoms with E-state index in [2.05, 4.69) is 19.9 Å². The largest absolute Gasteiger partial charge is 0.499 e. The number of aromatic nitrogens is 2. The van der Waals surface area contributed by atoms with Gasteiger partial charge in [-0.2, -0.15) is 22.0 Å². The highest BCUT2D eigenvalue weighted by atomic mass is 19.4. The Labute approximate surface area is 244 Å². The first kappa shape index (κ1) is 32.2. The first-order valence-electron chi connectivity index (χ1n) is 13.2. The maximum Gasteiger partial charge on any atom is 0.499 e. The van der Waals surface area contributed by atoms with Gasteiger partial charge in [0, 0.05) is 44.3 Å². The van der Waals surface area contributed by atoms with Crippen LogP contribution in [0, 0.1) is 0 Å². The second kappa shape index (κ2) is 13.7. The van der Waals surface area contributed by atoms with Crippen molar-refractivity contribution in [2.75, 3.05) is 20.8 Å². The summed E-state index contributed by atoms with van der Waals surface area (Å²) in [6.07, 6.45) is -9.02. The van der Waals surface area contributed by atoms with E-state index in [9.17, 15) is 22.0 Å². The number of hydrogen-bond donors (Lipinski definition) is 0. The molecule has 0 bridgehead atoms. The minimum Gasteiger partial charge on any atom is -0.426 e. The summed E-state index contributed by atoms with van der Waals surface area (Å²) in [6, 6.07) is 11.8. The second-order valence-electron chi connectivity index (χ2n) is 9.43. The molecular weight excluding hydrogens is 581 g/mol. The molecule has 1 aliphatic heterocycles. The normalized spacial score (nSPS) is 23.0. The molecule has 0 unspecified atom stereocenters. The van der Waals surface area contributed by atoms with Crippen molar-refractivity contribution in [2.24, 2.45) is 5.16 Å². The first-order valence-corrected chi connectivity index (χ1v) is 13.2. The van der Waals surface area contributed by atoms with E-state index in [1.165, 1.54) is 37.9 Å².